The minimum absolute atomic E-state index is 0.186. The molecule has 0 aliphatic carbocycles. The third kappa shape index (κ3) is 2.16. The maximum absolute atomic E-state index is 11.0. The number of carboxylic acid groups (broad SMARTS) is 1. The Labute approximate surface area is 99.5 Å². The number of carbonyl (C=O) groups is 2. The van der Waals surface area contributed by atoms with Gasteiger partial charge in [0.05, 0.1) is 4.88 Å². The average molecular weight is 252 g/mol. The van der Waals surface area contributed by atoms with E-state index < -0.39 is 11.9 Å². The van der Waals surface area contributed by atoms with Gasteiger partial charge >= 0.3 is 5.97 Å². The highest BCUT2D eigenvalue weighted by atomic mass is 32.1. The van der Waals surface area contributed by atoms with Gasteiger partial charge < -0.3 is 10.8 Å². The number of rotatable bonds is 4. The second-order valence-corrected chi connectivity index (χ2v) is 4.14. The molecule has 0 fully saturated rings. The number of aromatic carboxylic acids is 1. The Hall–Kier alpha value is -2.22. The number of aromatic nitrogens is 3. The Morgan fingerprint density at radius 1 is 1.53 bits per heavy atom. The first-order valence-electron chi connectivity index (χ1n) is 4.58. The largest absolute Gasteiger partial charge is 0.476 e. The summed E-state index contributed by atoms with van der Waals surface area (Å²) in [6.07, 6.45) is 0. The highest BCUT2D eigenvalue weighted by molar-refractivity contribution is 7.13. The van der Waals surface area contributed by atoms with Crippen molar-refractivity contribution in [2.24, 2.45) is 5.73 Å². The van der Waals surface area contributed by atoms with Gasteiger partial charge in [-0.2, -0.15) is 0 Å². The summed E-state index contributed by atoms with van der Waals surface area (Å²) >= 11 is 1.34. The van der Waals surface area contributed by atoms with Crippen molar-refractivity contribution in [1.82, 2.24) is 15.0 Å². The van der Waals surface area contributed by atoms with Crippen molar-refractivity contribution < 1.29 is 14.7 Å². The highest BCUT2D eigenvalue weighted by Gasteiger charge is 2.21. The predicted octanol–water partition coefficient (Wildman–Crippen LogP) is 0.190. The molecule has 17 heavy (non-hydrogen) atoms. The predicted molar refractivity (Wildman–Crippen MR) is 59.5 cm³/mol. The topological polar surface area (TPSA) is 111 Å². The van der Waals surface area contributed by atoms with Gasteiger partial charge in [0.1, 0.15) is 12.2 Å². The van der Waals surface area contributed by atoms with Crippen LogP contribution in [0.25, 0.3) is 10.6 Å². The number of nitrogens with two attached hydrogens (primary N) is 1. The molecule has 0 atom stereocenters. The van der Waals surface area contributed by atoms with Gasteiger partial charge in [-0.05, 0) is 11.4 Å². The third-order valence-corrected chi connectivity index (χ3v) is 2.87. The van der Waals surface area contributed by atoms with E-state index in [9.17, 15) is 9.59 Å². The summed E-state index contributed by atoms with van der Waals surface area (Å²) in [6.45, 7) is -0.201. The van der Waals surface area contributed by atoms with E-state index in [1.54, 1.807) is 17.5 Å². The summed E-state index contributed by atoms with van der Waals surface area (Å²) < 4.78 is 1.19. The molecule has 0 spiro atoms. The van der Waals surface area contributed by atoms with Crippen LogP contribution in [0.5, 0.6) is 0 Å². The molecule has 88 valence electrons. The van der Waals surface area contributed by atoms with Gasteiger partial charge in [0.2, 0.25) is 5.91 Å². The number of amides is 1. The maximum atomic E-state index is 11.0. The van der Waals surface area contributed by atoms with E-state index in [4.69, 9.17) is 10.8 Å². The minimum Gasteiger partial charge on any atom is -0.476 e. The van der Waals surface area contributed by atoms with Crippen molar-refractivity contribution in [2.45, 2.75) is 6.54 Å². The molecule has 0 bridgehead atoms. The fourth-order valence-electron chi connectivity index (χ4n) is 1.37. The lowest BCUT2D eigenvalue weighted by Gasteiger charge is -2.02. The number of carbonyl (C=O) groups excluding carboxylic acids is 1. The Balaban J connectivity index is 2.55. The zero-order valence-electron chi connectivity index (χ0n) is 8.53. The molecular formula is C9H8N4O3S. The molecule has 3 N–H and O–H groups in total. The molecule has 0 saturated heterocycles. The van der Waals surface area contributed by atoms with Crippen molar-refractivity contribution in [2.75, 3.05) is 0 Å². The minimum atomic E-state index is -1.19. The molecule has 0 aliphatic heterocycles. The second-order valence-electron chi connectivity index (χ2n) is 3.19. The SMILES string of the molecule is NC(=O)Cn1nnc(C(=O)O)c1-c1cccs1. The molecule has 2 aromatic rings. The first kappa shape index (κ1) is 11.3. The van der Waals surface area contributed by atoms with Crippen molar-refractivity contribution >= 4 is 23.2 Å². The Bertz CT molecular complexity index is 561. The molecule has 7 nitrogen and oxygen atoms in total. The van der Waals surface area contributed by atoms with Gasteiger partial charge in [-0.25, -0.2) is 9.48 Å². The Morgan fingerprint density at radius 3 is 2.82 bits per heavy atom. The van der Waals surface area contributed by atoms with Crippen LogP contribution in [0.1, 0.15) is 10.5 Å². The fourth-order valence-corrected chi connectivity index (χ4v) is 2.15. The normalized spacial score (nSPS) is 10.4. The van der Waals surface area contributed by atoms with E-state index in [-0.39, 0.29) is 12.2 Å². The fraction of sp³-hybridized carbons (Fsp3) is 0.111. The van der Waals surface area contributed by atoms with Crippen LogP contribution in [0, 0.1) is 0 Å². The number of primary amides is 1. The number of hydrogen-bond donors (Lipinski definition) is 2. The molecule has 2 aromatic heterocycles. The molecule has 0 saturated carbocycles. The van der Waals surface area contributed by atoms with E-state index in [1.165, 1.54) is 16.0 Å². The lowest BCUT2D eigenvalue weighted by molar-refractivity contribution is -0.118. The van der Waals surface area contributed by atoms with Gasteiger partial charge in [-0.3, -0.25) is 4.79 Å². The quantitative estimate of drug-likeness (QED) is 0.806. The summed E-state index contributed by atoms with van der Waals surface area (Å²) in [7, 11) is 0. The van der Waals surface area contributed by atoms with Gasteiger partial charge in [0.15, 0.2) is 5.69 Å². The molecular weight excluding hydrogens is 244 g/mol. The third-order valence-electron chi connectivity index (χ3n) is 2.00. The summed E-state index contributed by atoms with van der Waals surface area (Å²) in [5, 5.41) is 17.9. The van der Waals surface area contributed by atoms with Crippen LogP contribution in [0.4, 0.5) is 0 Å². The highest BCUT2D eigenvalue weighted by Crippen LogP contribution is 2.26. The van der Waals surface area contributed by atoms with E-state index in [0.717, 1.165) is 0 Å². The van der Waals surface area contributed by atoms with Gasteiger partial charge in [0.25, 0.3) is 0 Å². The van der Waals surface area contributed by atoms with E-state index in [1.807, 2.05) is 0 Å². The average Bonchev–Trinajstić information content (AvgIpc) is 2.83. The number of hydrogen-bond acceptors (Lipinski definition) is 5. The van der Waals surface area contributed by atoms with Crippen LogP contribution >= 0.6 is 11.3 Å². The monoisotopic (exact) mass is 252 g/mol. The van der Waals surface area contributed by atoms with E-state index in [0.29, 0.717) is 10.6 Å². The lowest BCUT2D eigenvalue weighted by Crippen LogP contribution is -2.20. The van der Waals surface area contributed by atoms with E-state index in [2.05, 4.69) is 10.3 Å². The zero-order valence-corrected chi connectivity index (χ0v) is 9.35. The van der Waals surface area contributed by atoms with Crippen molar-refractivity contribution in [3.05, 3.63) is 23.2 Å². The smallest absolute Gasteiger partial charge is 0.358 e. The number of nitrogens with zero attached hydrogens (tertiary/aromatic N) is 3. The zero-order chi connectivity index (χ0) is 12.4. The summed E-state index contributed by atoms with van der Waals surface area (Å²) in [5.74, 6) is -1.80. The molecule has 0 aromatic carbocycles. The maximum Gasteiger partial charge on any atom is 0.358 e. The number of carboxylic acids is 1. The first-order valence-corrected chi connectivity index (χ1v) is 5.46. The number of thiophene rings is 1. The van der Waals surface area contributed by atoms with Crippen molar-refractivity contribution in [3.63, 3.8) is 0 Å². The van der Waals surface area contributed by atoms with E-state index >= 15 is 0 Å². The van der Waals surface area contributed by atoms with Crippen LogP contribution in [0.3, 0.4) is 0 Å². The Kier molecular flexibility index (Phi) is 2.88. The van der Waals surface area contributed by atoms with Crippen molar-refractivity contribution in [1.29, 1.82) is 0 Å². The van der Waals surface area contributed by atoms with Crippen molar-refractivity contribution in [3.8, 4) is 10.6 Å². The van der Waals surface area contributed by atoms with Crippen LogP contribution < -0.4 is 5.73 Å². The summed E-state index contributed by atoms with van der Waals surface area (Å²) in [4.78, 5) is 22.5. The standard InChI is InChI=1S/C9H8N4O3S/c10-6(14)4-13-8(5-2-1-3-17-5)7(9(15)16)11-12-13/h1-3H,4H2,(H2,10,14)(H,15,16). The molecule has 0 unspecified atom stereocenters. The molecule has 2 rings (SSSR count). The van der Waals surface area contributed by atoms with Gasteiger partial charge in [0, 0.05) is 0 Å². The van der Waals surface area contributed by atoms with Crippen LogP contribution in [-0.4, -0.2) is 32.0 Å². The lowest BCUT2D eigenvalue weighted by atomic mass is 10.2. The molecule has 0 radical (unpaired) electrons. The van der Waals surface area contributed by atoms with Crippen LogP contribution in [0.2, 0.25) is 0 Å². The molecule has 1 amide bonds. The second kappa shape index (κ2) is 4.34. The summed E-state index contributed by atoms with van der Waals surface area (Å²) in [6, 6.07) is 3.50. The molecule has 0 aliphatic rings. The van der Waals surface area contributed by atoms with Crippen LogP contribution in [0.15, 0.2) is 17.5 Å². The molecule has 8 heteroatoms. The van der Waals surface area contributed by atoms with Gasteiger partial charge in [-0.15, -0.1) is 16.4 Å². The Morgan fingerprint density at radius 2 is 2.29 bits per heavy atom. The molecule has 2 heterocycles. The van der Waals surface area contributed by atoms with Gasteiger partial charge in [-0.1, -0.05) is 11.3 Å². The first-order chi connectivity index (χ1) is 8.09. The van der Waals surface area contributed by atoms with Crippen LogP contribution in [-0.2, 0) is 11.3 Å². The summed E-state index contributed by atoms with van der Waals surface area (Å²) in [5.41, 5.74) is 5.17.